The minimum atomic E-state index is -0.217. The molecule has 32 heavy (non-hydrogen) atoms. The largest absolute Gasteiger partial charge is 0.482 e. The zero-order chi connectivity index (χ0) is 22.5. The third kappa shape index (κ3) is 4.99. The third-order valence-corrected chi connectivity index (χ3v) is 6.13. The molecular formula is C25H29N3O4. The van der Waals surface area contributed by atoms with Gasteiger partial charge in [0.2, 0.25) is 5.91 Å². The number of hydrogen-bond donors (Lipinski definition) is 1. The Hall–Kier alpha value is -3.19. The molecule has 0 spiro atoms. The van der Waals surface area contributed by atoms with Gasteiger partial charge in [-0.15, -0.1) is 0 Å². The molecule has 1 N–H and O–H groups in total. The van der Waals surface area contributed by atoms with Crippen LogP contribution in [0.2, 0.25) is 0 Å². The Kier molecular flexibility index (Phi) is 6.85. The van der Waals surface area contributed by atoms with Gasteiger partial charge in [0.15, 0.2) is 12.4 Å². The fraction of sp³-hybridized carbons (Fsp3) is 0.400. The zero-order valence-corrected chi connectivity index (χ0v) is 18.4. The maximum atomic E-state index is 12.7. The molecule has 0 saturated carbocycles. The zero-order valence-electron chi connectivity index (χ0n) is 18.4. The number of benzene rings is 2. The highest BCUT2D eigenvalue weighted by Gasteiger charge is 2.27. The van der Waals surface area contributed by atoms with E-state index in [-0.39, 0.29) is 43.2 Å². The number of carbonyl (C=O) groups is 3. The Morgan fingerprint density at radius 3 is 2.56 bits per heavy atom. The molecule has 0 aliphatic carbocycles. The normalized spacial score (nSPS) is 16.9. The van der Waals surface area contributed by atoms with Crippen molar-refractivity contribution in [1.29, 1.82) is 0 Å². The lowest BCUT2D eigenvalue weighted by molar-refractivity contribution is -0.122. The van der Waals surface area contributed by atoms with Crippen LogP contribution in [0, 0.1) is 0 Å². The van der Waals surface area contributed by atoms with Crippen molar-refractivity contribution in [3.63, 3.8) is 0 Å². The van der Waals surface area contributed by atoms with Crippen molar-refractivity contribution < 1.29 is 19.1 Å². The van der Waals surface area contributed by atoms with Gasteiger partial charge in [-0.2, -0.15) is 0 Å². The molecule has 168 valence electrons. The van der Waals surface area contributed by atoms with Crippen LogP contribution >= 0.6 is 0 Å². The van der Waals surface area contributed by atoms with Crippen molar-refractivity contribution in [2.24, 2.45) is 0 Å². The monoisotopic (exact) mass is 435 g/mol. The van der Waals surface area contributed by atoms with Crippen LogP contribution in [0.25, 0.3) is 0 Å². The molecule has 2 aliphatic heterocycles. The summed E-state index contributed by atoms with van der Waals surface area (Å²) in [5.41, 5.74) is 2.25. The van der Waals surface area contributed by atoms with E-state index in [4.69, 9.17) is 4.74 Å². The van der Waals surface area contributed by atoms with Gasteiger partial charge in [0.1, 0.15) is 5.75 Å². The number of ketones is 1. The summed E-state index contributed by atoms with van der Waals surface area (Å²) >= 11 is 0. The molecule has 0 aromatic heterocycles. The second-order valence-electron chi connectivity index (χ2n) is 8.30. The van der Waals surface area contributed by atoms with Crippen LogP contribution in [0.1, 0.15) is 48.1 Å². The van der Waals surface area contributed by atoms with Gasteiger partial charge in [-0.05, 0) is 56.6 Å². The number of anilines is 1. The van der Waals surface area contributed by atoms with Crippen molar-refractivity contribution in [3.05, 3.63) is 59.7 Å². The minimum Gasteiger partial charge on any atom is -0.482 e. The summed E-state index contributed by atoms with van der Waals surface area (Å²) in [6.45, 7) is 4.25. The SMILES string of the molecule is CC(=O)c1ccc2c(c1)N(CCC(=O)NCC(c1ccccc1)N1CCCC1)C(=O)CO2. The molecule has 2 aliphatic rings. The Balaban J connectivity index is 1.39. The second kappa shape index (κ2) is 9.96. The number of ether oxygens (including phenoxy) is 1. The lowest BCUT2D eigenvalue weighted by atomic mass is 10.1. The number of nitrogens with zero attached hydrogens (tertiary/aromatic N) is 2. The van der Waals surface area contributed by atoms with E-state index >= 15 is 0 Å². The highest BCUT2D eigenvalue weighted by molar-refractivity contribution is 6.01. The number of hydrogen-bond acceptors (Lipinski definition) is 5. The predicted octanol–water partition coefficient (Wildman–Crippen LogP) is 2.96. The average Bonchev–Trinajstić information content (AvgIpc) is 3.33. The molecule has 2 aromatic rings. The van der Waals surface area contributed by atoms with Crippen molar-refractivity contribution in [2.45, 2.75) is 32.2 Å². The van der Waals surface area contributed by atoms with Crippen molar-refractivity contribution in [3.8, 4) is 5.75 Å². The van der Waals surface area contributed by atoms with Crippen LogP contribution in [-0.2, 0) is 9.59 Å². The molecule has 7 nitrogen and oxygen atoms in total. The number of nitrogens with one attached hydrogen (secondary N) is 1. The van der Waals surface area contributed by atoms with E-state index in [0.717, 1.165) is 13.1 Å². The summed E-state index contributed by atoms with van der Waals surface area (Å²) in [5.74, 6) is 0.143. The summed E-state index contributed by atoms with van der Waals surface area (Å²) in [6.07, 6.45) is 2.53. The second-order valence-corrected chi connectivity index (χ2v) is 8.30. The van der Waals surface area contributed by atoms with Crippen LogP contribution in [-0.4, -0.2) is 55.3 Å². The fourth-order valence-corrected chi connectivity index (χ4v) is 4.36. The Morgan fingerprint density at radius 1 is 1.09 bits per heavy atom. The minimum absolute atomic E-state index is 0.0704. The van der Waals surface area contributed by atoms with Crippen molar-refractivity contribution >= 4 is 23.3 Å². The van der Waals surface area contributed by atoms with E-state index in [0.29, 0.717) is 23.5 Å². The fourth-order valence-electron chi connectivity index (χ4n) is 4.36. The number of Topliss-reactive ketones (excluding diaryl/α,β-unsaturated/α-hetero) is 1. The van der Waals surface area contributed by atoms with E-state index < -0.39 is 0 Å². The van der Waals surface area contributed by atoms with Gasteiger partial charge < -0.3 is 15.0 Å². The van der Waals surface area contributed by atoms with Gasteiger partial charge in [0, 0.05) is 25.1 Å². The first kappa shape index (κ1) is 22.0. The molecule has 2 heterocycles. The van der Waals surface area contributed by atoms with E-state index in [1.54, 1.807) is 23.1 Å². The van der Waals surface area contributed by atoms with Crippen LogP contribution in [0.3, 0.4) is 0 Å². The summed E-state index contributed by atoms with van der Waals surface area (Å²) in [6, 6.07) is 15.4. The first-order valence-electron chi connectivity index (χ1n) is 11.2. The van der Waals surface area contributed by atoms with Crippen LogP contribution in [0.4, 0.5) is 5.69 Å². The first-order valence-corrected chi connectivity index (χ1v) is 11.2. The molecular weight excluding hydrogens is 406 g/mol. The van der Waals surface area contributed by atoms with Crippen molar-refractivity contribution in [1.82, 2.24) is 10.2 Å². The lowest BCUT2D eigenvalue weighted by Gasteiger charge is -2.30. The van der Waals surface area contributed by atoms with E-state index in [9.17, 15) is 14.4 Å². The smallest absolute Gasteiger partial charge is 0.265 e. The van der Waals surface area contributed by atoms with Crippen LogP contribution < -0.4 is 15.0 Å². The van der Waals surface area contributed by atoms with Gasteiger partial charge in [-0.25, -0.2) is 0 Å². The van der Waals surface area contributed by atoms with E-state index in [1.165, 1.54) is 25.3 Å². The molecule has 0 bridgehead atoms. The molecule has 1 unspecified atom stereocenters. The Labute approximate surface area is 188 Å². The molecule has 7 heteroatoms. The number of rotatable bonds is 8. The average molecular weight is 436 g/mol. The van der Waals surface area contributed by atoms with E-state index in [2.05, 4.69) is 22.3 Å². The quantitative estimate of drug-likeness (QED) is 0.645. The molecule has 2 aromatic carbocycles. The van der Waals surface area contributed by atoms with Gasteiger partial charge in [0.05, 0.1) is 11.7 Å². The number of carbonyl (C=O) groups excluding carboxylic acids is 3. The van der Waals surface area contributed by atoms with Gasteiger partial charge in [-0.1, -0.05) is 30.3 Å². The maximum Gasteiger partial charge on any atom is 0.265 e. The molecule has 0 radical (unpaired) electrons. The third-order valence-electron chi connectivity index (χ3n) is 6.13. The number of likely N-dealkylation sites (tertiary alicyclic amines) is 1. The number of fused-ring (bicyclic) bond motifs is 1. The number of amides is 2. The van der Waals surface area contributed by atoms with Gasteiger partial charge in [-0.3, -0.25) is 19.3 Å². The van der Waals surface area contributed by atoms with E-state index in [1.807, 2.05) is 18.2 Å². The Bertz CT molecular complexity index is 986. The highest BCUT2D eigenvalue weighted by atomic mass is 16.5. The molecule has 4 rings (SSSR count). The predicted molar refractivity (Wildman–Crippen MR) is 122 cm³/mol. The van der Waals surface area contributed by atoms with Gasteiger partial charge in [0.25, 0.3) is 5.91 Å². The summed E-state index contributed by atoms with van der Waals surface area (Å²) in [4.78, 5) is 40.8. The van der Waals surface area contributed by atoms with Crippen LogP contribution in [0.5, 0.6) is 5.75 Å². The molecule has 1 fully saturated rings. The summed E-state index contributed by atoms with van der Waals surface area (Å²) in [7, 11) is 0. The lowest BCUT2D eigenvalue weighted by Crippen LogP contribution is -2.42. The first-order chi connectivity index (χ1) is 15.5. The topological polar surface area (TPSA) is 79.0 Å². The van der Waals surface area contributed by atoms with Crippen LogP contribution in [0.15, 0.2) is 48.5 Å². The van der Waals surface area contributed by atoms with Gasteiger partial charge >= 0.3 is 0 Å². The molecule has 1 saturated heterocycles. The standard InChI is InChI=1S/C25H29N3O4/c1-18(29)20-9-10-23-21(15-20)28(25(31)17-32-23)14-11-24(30)26-16-22(27-12-5-6-13-27)19-7-3-2-4-8-19/h2-4,7-10,15,22H,5-6,11-14,16-17H2,1H3,(H,26,30). The Morgan fingerprint density at radius 2 is 1.84 bits per heavy atom. The molecule has 1 atom stereocenters. The summed E-state index contributed by atoms with van der Waals surface area (Å²) < 4.78 is 5.48. The summed E-state index contributed by atoms with van der Waals surface area (Å²) in [5, 5.41) is 3.06. The highest BCUT2D eigenvalue weighted by Crippen LogP contribution is 2.33. The van der Waals surface area contributed by atoms with Crippen molar-refractivity contribution in [2.75, 3.05) is 37.7 Å². The molecule has 2 amide bonds. The maximum absolute atomic E-state index is 12.7.